The molecule has 0 radical (unpaired) electrons. The molecule has 1 atom stereocenters. The van der Waals surface area contributed by atoms with Gasteiger partial charge in [-0.25, -0.2) is 4.39 Å². The molecule has 0 saturated heterocycles. The van der Waals surface area contributed by atoms with Gasteiger partial charge in [-0.3, -0.25) is 0 Å². The van der Waals surface area contributed by atoms with E-state index < -0.39 is 0 Å². The molecule has 0 spiro atoms. The van der Waals surface area contributed by atoms with E-state index in [-0.39, 0.29) is 11.9 Å². The van der Waals surface area contributed by atoms with Crippen LogP contribution in [0.1, 0.15) is 17.2 Å². The zero-order valence-electron chi connectivity index (χ0n) is 10.8. The molecule has 0 amide bonds. The van der Waals surface area contributed by atoms with Crippen molar-refractivity contribution in [2.24, 2.45) is 0 Å². The summed E-state index contributed by atoms with van der Waals surface area (Å²) < 4.78 is 20.3. The average molecular weight is 371 g/mol. The zero-order valence-corrected chi connectivity index (χ0v) is 12.9. The molecule has 2 nitrogen and oxygen atoms in total. The van der Waals surface area contributed by atoms with Gasteiger partial charge in [-0.15, -0.1) is 0 Å². The van der Waals surface area contributed by atoms with E-state index in [1.807, 2.05) is 31.3 Å². The summed E-state index contributed by atoms with van der Waals surface area (Å²) in [5, 5.41) is 3.17. The molecule has 2 rings (SSSR count). The number of ether oxygens (including phenoxy) is 1. The lowest BCUT2D eigenvalue weighted by molar-refractivity contribution is 0.410. The van der Waals surface area contributed by atoms with E-state index in [0.29, 0.717) is 11.3 Å². The minimum Gasteiger partial charge on any atom is -0.497 e. The lowest BCUT2D eigenvalue weighted by Crippen LogP contribution is -2.20. The first-order valence-electron chi connectivity index (χ1n) is 5.92. The lowest BCUT2D eigenvalue weighted by atomic mass is 9.98. The molecule has 0 aromatic heterocycles. The summed E-state index contributed by atoms with van der Waals surface area (Å²) in [6, 6.07) is 12.7. The molecule has 0 aliphatic heterocycles. The summed E-state index contributed by atoms with van der Waals surface area (Å²) >= 11 is 2.26. The van der Waals surface area contributed by atoms with Crippen LogP contribution >= 0.6 is 22.6 Å². The second-order valence-corrected chi connectivity index (χ2v) is 5.29. The Hall–Kier alpha value is -1.14. The van der Waals surface area contributed by atoms with Gasteiger partial charge in [0, 0.05) is 15.2 Å². The van der Waals surface area contributed by atoms with Crippen LogP contribution in [0.5, 0.6) is 5.75 Å². The van der Waals surface area contributed by atoms with E-state index in [1.165, 1.54) is 13.2 Å². The minimum atomic E-state index is -0.265. The number of nitrogens with one attached hydrogen (secondary N) is 1. The van der Waals surface area contributed by atoms with Gasteiger partial charge in [0.25, 0.3) is 0 Å². The quantitative estimate of drug-likeness (QED) is 0.827. The number of benzene rings is 2. The van der Waals surface area contributed by atoms with E-state index in [2.05, 4.69) is 27.9 Å². The molecular formula is C15H15FINO. The van der Waals surface area contributed by atoms with Gasteiger partial charge in [-0.1, -0.05) is 24.3 Å². The maximum absolute atomic E-state index is 14.2. The highest BCUT2D eigenvalue weighted by Crippen LogP contribution is 2.29. The van der Waals surface area contributed by atoms with Gasteiger partial charge in [-0.2, -0.15) is 0 Å². The molecule has 19 heavy (non-hydrogen) atoms. The number of hydrogen-bond acceptors (Lipinski definition) is 2. The fourth-order valence-corrected chi connectivity index (χ4v) is 2.76. The topological polar surface area (TPSA) is 21.3 Å². The predicted molar refractivity (Wildman–Crippen MR) is 83.0 cm³/mol. The van der Waals surface area contributed by atoms with Gasteiger partial charge in [0.2, 0.25) is 0 Å². The SMILES string of the molecule is CNC(c1ccc(OC)cc1F)c1ccccc1I. The van der Waals surface area contributed by atoms with E-state index in [4.69, 9.17) is 4.74 Å². The maximum Gasteiger partial charge on any atom is 0.132 e. The summed E-state index contributed by atoms with van der Waals surface area (Å²) in [7, 11) is 3.36. The summed E-state index contributed by atoms with van der Waals surface area (Å²) in [4.78, 5) is 0. The molecule has 2 aromatic carbocycles. The Morgan fingerprint density at radius 3 is 2.47 bits per heavy atom. The fraction of sp³-hybridized carbons (Fsp3) is 0.200. The fourth-order valence-electron chi connectivity index (χ4n) is 2.06. The first-order valence-corrected chi connectivity index (χ1v) is 7.00. The van der Waals surface area contributed by atoms with Crippen LogP contribution in [0.4, 0.5) is 4.39 Å². The molecular weight excluding hydrogens is 356 g/mol. The normalized spacial score (nSPS) is 12.2. The summed E-state index contributed by atoms with van der Waals surface area (Å²) in [5.41, 5.74) is 1.68. The Labute approximate surface area is 126 Å². The first kappa shape index (κ1) is 14.3. The van der Waals surface area contributed by atoms with Crippen LogP contribution < -0.4 is 10.1 Å². The van der Waals surface area contributed by atoms with Gasteiger partial charge in [0.1, 0.15) is 11.6 Å². The Bertz CT molecular complexity index is 574. The third kappa shape index (κ3) is 3.06. The predicted octanol–water partition coefficient (Wildman–Crippen LogP) is 3.75. The van der Waals surface area contributed by atoms with Crippen molar-refractivity contribution in [1.29, 1.82) is 0 Å². The molecule has 0 heterocycles. The van der Waals surface area contributed by atoms with Gasteiger partial charge in [0.05, 0.1) is 13.2 Å². The molecule has 0 aliphatic carbocycles. The van der Waals surface area contributed by atoms with Gasteiger partial charge in [-0.05, 0) is 47.3 Å². The second-order valence-electron chi connectivity index (χ2n) is 4.13. The number of hydrogen-bond donors (Lipinski definition) is 1. The Kier molecular flexibility index (Phi) is 4.76. The van der Waals surface area contributed by atoms with Gasteiger partial charge in [0.15, 0.2) is 0 Å². The van der Waals surface area contributed by atoms with Crippen molar-refractivity contribution in [3.05, 3.63) is 63.0 Å². The van der Waals surface area contributed by atoms with E-state index in [1.54, 1.807) is 12.1 Å². The summed E-state index contributed by atoms with van der Waals surface area (Å²) in [5.74, 6) is 0.261. The van der Waals surface area contributed by atoms with Crippen LogP contribution in [0.3, 0.4) is 0 Å². The highest BCUT2D eigenvalue weighted by atomic mass is 127. The molecule has 2 aromatic rings. The highest BCUT2D eigenvalue weighted by Gasteiger charge is 2.18. The van der Waals surface area contributed by atoms with Gasteiger partial charge >= 0.3 is 0 Å². The zero-order chi connectivity index (χ0) is 13.8. The third-order valence-corrected chi connectivity index (χ3v) is 4.01. The lowest BCUT2D eigenvalue weighted by Gasteiger charge is -2.19. The number of rotatable bonds is 4. The van der Waals surface area contributed by atoms with Crippen LogP contribution in [0.25, 0.3) is 0 Å². The summed E-state index contributed by atoms with van der Waals surface area (Å²) in [6.07, 6.45) is 0. The van der Waals surface area contributed by atoms with Crippen molar-refractivity contribution in [3.8, 4) is 5.75 Å². The van der Waals surface area contributed by atoms with Crippen molar-refractivity contribution in [3.63, 3.8) is 0 Å². The van der Waals surface area contributed by atoms with Gasteiger partial charge < -0.3 is 10.1 Å². The van der Waals surface area contributed by atoms with Crippen molar-refractivity contribution in [2.75, 3.05) is 14.2 Å². The van der Waals surface area contributed by atoms with Crippen LogP contribution in [0.2, 0.25) is 0 Å². The number of halogens is 2. The summed E-state index contributed by atoms with van der Waals surface area (Å²) in [6.45, 7) is 0. The number of methoxy groups -OCH3 is 1. The molecule has 1 unspecified atom stereocenters. The first-order chi connectivity index (χ1) is 9.17. The van der Waals surface area contributed by atoms with Crippen molar-refractivity contribution in [1.82, 2.24) is 5.32 Å². The van der Waals surface area contributed by atoms with E-state index >= 15 is 0 Å². The van der Waals surface area contributed by atoms with Crippen molar-refractivity contribution < 1.29 is 9.13 Å². The largest absolute Gasteiger partial charge is 0.497 e. The third-order valence-electron chi connectivity index (χ3n) is 3.02. The van der Waals surface area contributed by atoms with Crippen LogP contribution in [-0.4, -0.2) is 14.2 Å². The van der Waals surface area contributed by atoms with Crippen molar-refractivity contribution >= 4 is 22.6 Å². The van der Waals surface area contributed by atoms with Crippen LogP contribution in [-0.2, 0) is 0 Å². The Morgan fingerprint density at radius 2 is 1.89 bits per heavy atom. The molecule has 0 saturated carbocycles. The molecule has 4 heteroatoms. The second kappa shape index (κ2) is 6.34. The van der Waals surface area contributed by atoms with E-state index in [0.717, 1.165) is 9.13 Å². The monoisotopic (exact) mass is 371 g/mol. The van der Waals surface area contributed by atoms with Crippen LogP contribution in [0, 0.1) is 9.39 Å². The Morgan fingerprint density at radius 1 is 1.16 bits per heavy atom. The molecule has 0 fully saturated rings. The maximum atomic E-state index is 14.2. The Balaban J connectivity index is 2.46. The van der Waals surface area contributed by atoms with E-state index in [9.17, 15) is 4.39 Å². The van der Waals surface area contributed by atoms with Crippen molar-refractivity contribution in [2.45, 2.75) is 6.04 Å². The molecule has 0 bridgehead atoms. The van der Waals surface area contributed by atoms with Crippen LogP contribution in [0.15, 0.2) is 42.5 Å². The molecule has 100 valence electrons. The smallest absolute Gasteiger partial charge is 0.132 e. The minimum absolute atomic E-state index is 0.168. The highest BCUT2D eigenvalue weighted by molar-refractivity contribution is 14.1. The standard InChI is InChI=1S/C15H15FINO/c1-18-15(12-5-3-4-6-14(12)17)11-8-7-10(19-2)9-13(11)16/h3-9,15,18H,1-2H3. The molecule has 0 aliphatic rings. The average Bonchev–Trinajstić information content (AvgIpc) is 2.43. The molecule has 1 N–H and O–H groups in total.